The Morgan fingerprint density at radius 1 is 1.53 bits per heavy atom. The summed E-state index contributed by atoms with van der Waals surface area (Å²) < 4.78 is 0. The zero-order chi connectivity index (χ0) is 12.1. The van der Waals surface area contributed by atoms with Gasteiger partial charge in [0.15, 0.2) is 0 Å². The van der Waals surface area contributed by atoms with Crippen LogP contribution in [-0.2, 0) is 4.79 Å². The highest BCUT2D eigenvalue weighted by Gasteiger charge is 2.20. The summed E-state index contributed by atoms with van der Waals surface area (Å²) in [6.07, 6.45) is -0.0621. The predicted molar refractivity (Wildman–Crippen MR) is 59.7 cm³/mol. The number of carbonyl (C=O) groups is 1. The number of nitrogens with zero attached hydrogens (tertiary/aromatic N) is 1. The molecule has 1 amide bonds. The van der Waals surface area contributed by atoms with Crippen LogP contribution >= 0.6 is 0 Å². The Morgan fingerprint density at radius 2 is 2.07 bits per heavy atom. The van der Waals surface area contributed by atoms with Gasteiger partial charge in [-0.05, 0) is 11.3 Å². The Kier molecular flexibility index (Phi) is 5.11. The van der Waals surface area contributed by atoms with Gasteiger partial charge in [0.2, 0.25) is 5.91 Å². The van der Waals surface area contributed by atoms with Crippen LogP contribution in [0.1, 0.15) is 34.1 Å². The third-order valence-corrected chi connectivity index (χ3v) is 2.55. The number of hydrogen-bond donors (Lipinski definition) is 3. The van der Waals surface area contributed by atoms with Crippen molar-refractivity contribution in [3.8, 4) is 0 Å². The summed E-state index contributed by atoms with van der Waals surface area (Å²) in [6.45, 7) is 9.03. The summed E-state index contributed by atoms with van der Waals surface area (Å²) in [4.78, 5) is 11.3. The van der Waals surface area contributed by atoms with Crippen LogP contribution < -0.4 is 11.1 Å². The first-order valence-corrected chi connectivity index (χ1v) is 5.00. The van der Waals surface area contributed by atoms with E-state index in [0.29, 0.717) is 12.5 Å². The summed E-state index contributed by atoms with van der Waals surface area (Å²) in [7, 11) is 0. The number of amidine groups is 1. The van der Waals surface area contributed by atoms with Crippen molar-refractivity contribution in [2.75, 3.05) is 6.54 Å². The standard InChI is InChI=1S/C10H21N3O2/c1-7(10(2,3)4)6-12-9(14)5-8(11)13-15/h7,15H,5-6H2,1-4H3,(H2,11,13)(H,12,14). The van der Waals surface area contributed by atoms with Crippen molar-refractivity contribution < 1.29 is 10.0 Å². The minimum atomic E-state index is -0.221. The Hall–Kier alpha value is -1.26. The van der Waals surface area contributed by atoms with E-state index in [1.165, 1.54) is 0 Å². The van der Waals surface area contributed by atoms with E-state index >= 15 is 0 Å². The molecule has 0 radical (unpaired) electrons. The van der Waals surface area contributed by atoms with Gasteiger partial charge in [-0.25, -0.2) is 0 Å². The number of carbonyl (C=O) groups excluding carboxylic acids is 1. The fraction of sp³-hybridized carbons (Fsp3) is 0.800. The summed E-state index contributed by atoms with van der Waals surface area (Å²) in [5.41, 5.74) is 5.36. The zero-order valence-corrected chi connectivity index (χ0v) is 9.87. The molecule has 0 aliphatic carbocycles. The molecule has 5 heteroatoms. The molecule has 0 saturated carbocycles. The summed E-state index contributed by atoms with van der Waals surface area (Å²) in [5, 5.41) is 13.8. The fourth-order valence-electron chi connectivity index (χ4n) is 0.835. The van der Waals surface area contributed by atoms with Crippen LogP contribution in [0.2, 0.25) is 0 Å². The maximum Gasteiger partial charge on any atom is 0.227 e. The molecule has 15 heavy (non-hydrogen) atoms. The molecule has 0 aromatic rings. The van der Waals surface area contributed by atoms with E-state index in [1.54, 1.807) is 0 Å². The van der Waals surface area contributed by atoms with Gasteiger partial charge in [0.05, 0.1) is 6.42 Å². The fourth-order valence-corrected chi connectivity index (χ4v) is 0.835. The zero-order valence-electron chi connectivity index (χ0n) is 9.87. The molecule has 5 nitrogen and oxygen atoms in total. The molecule has 0 aliphatic heterocycles. The second-order valence-electron chi connectivity index (χ2n) is 4.84. The number of nitrogens with one attached hydrogen (secondary N) is 1. The monoisotopic (exact) mass is 215 g/mol. The molecule has 1 unspecified atom stereocenters. The summed E-state index contributed by atoms with van der Waals surface area (Å²) in [6, 6.07) is 0. The second kappa shape index (κ2) is 5.58. The average Bonchev–Trinajstić information content (AvgIpc) is 2.12. The highest BCUT2D eigenvalue weighted by atomic mass is 16.4. The number of amides is 1. The Morgan fingerprint density at radius 3 is 2.47 bits per heavy atom. The molecular weight excluding hydrogens is 194 g/mol. The van der Waals surface area contributed by atoms with Gasteiger partial charge in [0.25, 0.3) is 0 Å². The SMILES string of the molecule is CC(CNC(=O)CC(N)=NO)C(C)(C)C. The predicted octanol–water partition coefficient (Wildman–Crippen LogP) is 0.921. The van der Waals surface area contributed by atoms with Crippen molar-refractivity contribution in [2.24, 2.45) is 22.2 Å². The molecular formula is C10H21N3O2. The molecule has 4 N–H and O–H groups in total. The van der Waals surface area contributed by atoms with Crippen molar-refractivity contribution in [3.63, 3.8) is 0 Å². The third kappa shape index (κ3) is 5.93. The van der Waals surface area contributed by atoms with Gasteiger partial charge in [0.1, 0.15) is 5.84 Å². The van der Waals surface area contributed by atoms with E-state index < -0.39 is 0 Å². The summed E-state index contributed by atoms with van der Waals surface area (Å²) >= 11 is 0. The maximum atomic E-state index is 11.3. The number of nitrogens with two attached hydrogens (primary N) is 1. The quantitative estimate of drug-likeness (QED) is 0.282. The molecule has 0 aliphatic rings. The highest BCUT2D eigenvalue weighted by Crippen LogP contribution is 2.24. The van der Waals surface area contributed by atoms with Crippen molar-refractivity contribution in [1.82, 2.24) is 5.32 Å². The lowest BCUT2D eigenvalue weighted by molar-refractivity contribution is -0.120. The normalized spacial score (nSPS) is 14.8. The molecule has 0 saturated heterocycles. The molecule has 0 bridgehead atoms. The second-order valence-corrected chi connectivity index (χ2v) is 4.84. The largest absolute Gasteiger partial charge is 0.409 e. The average molecular weight is 215 g/mol. The molecule has 88 valence electrons. The van der Waals surface area contributed by atoms with Crippen molar-refractivity contribution in [3.05, 3.63) is 0 Å². The molecule has 0 spiro atoms. The van der Waals surface area contributed by atoms with Crippen LogP contribution in [0, 0.1) is 11.3 Å². The van der Waals surface area contributed by atoms with E-state index in [1.807, 2.05) is 0 Å². The minimum Gasteiger partial charge on any atom is -0.409 e. The van der Waals surface area contributed by atoms with E-state index in [4.69, 9.17) is 10.9 Å². The van der Waals surface area contributed by atoms with E-state index in [2.05, 4.69) is 38.2 Å². The highest BCUT2D eigenvalue weighted by molar-refractivity contribution is 5.98. The molecule has 0 aromatic heterocycles. The first-order valence-electron chi connectivity index (χ1n) is 5.00. The van der Waals surface area contributed by atoms with Gasteiger partial charge in [-0.15, -0.1) is 0 Å². The van der Waals surface area contributed by atoms with Gasteiger partial charge in [0, 0.05) is 6.54 Å². The van der Waals surface area contributed by atoms with Crippen molar-refractivity contribution in [2.45, 2.75) is 34.1 Å². The number of rotatable bonds is 4. The van der Waals surface area contributed by atoms with E-state index in [-0.39, 0.29) is 23.6 Å². The topological polar surface area (TPSA) is 87.7 Å². The molecule has 0 fully saturated rings. The minimum absolute atomic E-state index is 0.0621. The lowest BCUT2D eigenvalue weighted by Gasteiger charge is -2.27. The van der Waals surface area contributed by atoms with Gasteiger partial charge < -0.3 is 16.3 Å². The maximum absolute atomic E-state index is 11.3. The molecule has 0 heterocycles. The third-order valence-electron chi connectivity index (χ3n) is 2.55. The number of hydrogen-bond acceptors (Lipinski definition) is 3. The van der Waals surface area contributed by atoms with Crippen LogP contribution in [0.15, 0.2) is 5.16 Å². The lowest BCUT2D eigenvalue weighted by Crippen LogP contribution is -2.35. The van der Waals surface area contributed by atoms with E-state index in [0.717, 1.165) is 0 Å². The van der Waals surface area contributed by atoms with Crippen molar-refractivity contribution >= 4 is 11.7 Å². The lowest BCUT2D eigenvalue weighted by atomic mass is 9.82. The summed E-state index contributed by atoms with van der Waals surface area (Å²) in [5.74, 6) is 0.0750. The van der Waals surface area contributed by atoms with Crippen LogP contribution in [0.25, 0.3) is 0 Å². The first kappa shape index (κ1) is 13.7. The van der Waals surface area contributed by atoms with Crippen LogP contribution in [0.5, 0.6) is 0 Å². The number of oxime groups is 1. The Bertz CT molecular complexity index is 244. The molecule has 0 aromatic carbocycles. The van der Waals surface area contributed by atoms with Gasteiger partial charge >= 0.3 is 0 Å². The van der Waals surface area contributed by atoms with Crippen molar-refractivity contribution in [1.29, 1.82) is 0 Å². The smallest absolute Gasteiger partial charge is 0.227 e. The Labute approximate surface area is 90.7 Å². The first-order chi connectivity index (χ1) is 6.77. The van der Waals surface area contributed by atoms with Crippen LogP contribution in [0.3, 0.4) is 0 Å². The molecule has 1 atom stereocenters. The van der Waals surface area contributed by atoms with E-state index in [9.17, 15) is 4.79 Å². The van der Waals surface area contributed by atoms with Gasteiger partial charge in [-0.1, -0.05) is 32.9 Å². The van der Waals surface area contributed by atoms with Gasteiger partial charge in [-0.3, -0.25) is 4.79 Å². The van der Waals surface area contributed by atoms with Gasteiger partial charge in [-0.2, -0.15) is 0 Å². The van der Waals surface area contributed by atoms with Crippen LogP contribution in [-0.4, -0.2) is 23.5 Å². The molecule has 0 rings (SSSR count). The Balaban J connectivity index is 3.92. The van der Waals surface area contributed by atoms with Crippen LogP contribution in [0.4, 0.5) is 0 Å².